The first kappa shape index (κ1) is 15.3. The van der Waals surface area contributed by atoms with Crippen LogP contribution >= 0.6 is 11.3 Å². The van der Waals surface area contributed by atoms with Crippen molar-refractivity contribution >= 4 is 16.5 Å². The molecule has 118 valence electrons. The third-order valence-corrected chi connectivity index (χ3v) is 6.40. The van der Waals surface area contributed by atoms with Gasteiger partial charge in [0.15, 0.2) is 5.13 Å². The van der Waals surface area contributed by atoms with E-state index in [9.17, 15) is 5.11 Å². The van der Waals surface area contributed by atoms with Crippen molar-refractivity contribution in [2.45, 2.75) is 71.3 Å². The Morgan fingerprint density at radius 1 is 1.14 bits per heavy atom. The Balaban J connectivity index is 1.75. The normalized spacial score (nSPS) is 22.2. The lowest BCUT2D eigenvalue weighted by atomic mass is 9.77. The molecular weight excluding hydrogens is 280 g/mol. The zero-order valence-electron chi connectivity index (χ0n) is 13.6. The van der Waals surface area contributed by atoms with Gasteiger partial charge in [0, 0.05) is 18.5 Å². The topological polar surface area (TPSA) is 36.4 Å². The fourth-order valence-corrected chi connectivity index (χ4v) is 5.15. The predicted molar refractivity (Wildman–Crippen MR) is 89.1 cm³/mol. The minimum atomic E-state index is 0.00920. The molecule has 1 spiro atoms. The zero-order valence-corrected chi connectivity index (χ0v) is 14.4. The third kappa shape index (κ3) is 2.98. The number of aliphatic hydroxyl groups excluding tert-OH is 1. The van der Waals surface area contributed by atoms with Crippen molar-refractivity contribution in [2.75, 3.05) is 18.0 Å². The second kappa shape index (κ2) is 5.54. The van der Waals surface area contributed by atoms with Crippen LogP contribution in [-0.4, -0.2) is 23.2 Å². The smallest absolute Gasteiger partial charge is 0.185 e. The lowest BCUT2D eigenvalue weighted by molar-refractivity contribution is 0.226. The van der Waals surface area contributed by atoms with E-state index in [1.54, 1.807) is 11.3 Å². The summed E-state index contributed by atoms with van der Waals surface area (Å²) in [6, 6.07) is 0. The number of hydrogen-bond acceptors (Lipinski definition) is 4. The molecule has 1 saturated carbocycles. The first-order chi connectivity index (χ1) is 9.93. The molecule has 2 fully saturated rings. The molecule has 0 bridgehead atoms. The molecule has 3 rings (SSSR count). The van der Waals surface area contributed by atoms with Gasteiger partial charge in [-0.2, -0.15) is 0 Å². The largest absolute Gasteiger partial charge is 0.391 e. The second-order valence-corrected chi connectivity index (χ2v) is 8.93. The van der Waals surface area contributed by atoms with Crippen LogP contribution in [0.2, 0.25) is 0 Å². The molecule has 21 heavy (non-hydrogen) atoms. The number of hydrogen-bond donors (Lipinski definition) is 1. The molecule has 4 heteroatoms. The van der Waals surface area contributed by atoms with E-state index in [0.29, 0.717) is 5.41 Å². The van der Waals surface area contributed by atoms with E-state index in [0.717, 1.165) is 28.8 Å². The molecule has 0 atom stereocenters. The van der Waals surface area contributed by atoms with Crippen LogP contribution in [0.15, 0.2) is 0 Å². The van der Waals surface area contributed by atoms with Crippen molar-refractivity contribution in [3.05, 3.63) is 10.6 Å². The van der Waals surface area contributed by atoms with E-state index in [4.69, 9.17) is 4.98 Å². The zero-order chi connectivity index (χ0) is 15.1. The average molecular weight is 308 g/mol. The van der Waals surface area contributed by atoms with Gasteiger partial charge in [-0.1, -0.05) is 44.9 Å². The Labute approximate surface area is 132 Å². The Morgan fingerprint density at radius 3 is 2.24 bits per heavy atom. The molecule has 1 N–H and O–H groups in total. The maximum Gasteiger partial charge on any atom is 0.185 e. The SMILES string of the molecule is CC(C)(C)c1nc(N2CCC3(CCCC3)CC2)sc1CO. The van der Waals surface area contributed by atoms with E-state index in [-0.39, 0.29) is 12.0 Å². The molecule has 1 aliphatic heterocycles. The molecule has 1 aliphatic carbocycles. The number of nitrogens with zero attached hydrogens (tertiary/aromatic N) is 2. The standard InChI is InChI=1S/C17H28N2OS/c1-16(2,3)14-13(12-20)21-15(18-14)19-10-8-17(9-11-19)6-4-5-7-17/h20H,4-12H2,1-3H3. The van der Waals surface area contributed by atoms with Crippen LogP contribution in [-0.2, 0) is 12.0 Å². The van der Waals surface area contributed by atoms with E-state index in [1.165, 1.54) is 38.5 Å². The number of piperidine rings is 1. The van der Waals surface area contributed by atoms with Crippen LogP contribution in [0.3, 0.4) is 0 Å². The van der Waals surface area contributed by atoms with Crippen molar-refractivity contribution in [3.8, 4) is 0 Å². The van der Waals surface area contributed by atoms with Gasteiger partial charge < -0.3 is 10.0 Å². The predicted octanol–water partition coefficient (Wildman–Crippen LogP) is 4.09. The lowest BCUT2D eigenvalue weighted by Gasteiger charge is -2.39. The van der Waals surface area contributed by atoms with Crippen LogP contribution in [0.25, 0.3) is 0 Å². The van der Waals surface area contributed by atoms with Gasteiger partial charge in [-0.15, -0.1) is 0 Å². The van der Waals surface area contributed by atoms with Gasteiger partial charge in [-0.25, -0.2) is 4.98 Å². The van der Waals surface area contributed by atoms with E-state index >= 15 is 0 Å². The highest BCUT2D eigenvalue weighted by Crippen LogP contribution is 2.47. The monoisotopic (exact) mass is 308 g/mol. The molecule has 1 saturated heterocycles. The summed E-state index contributed by atoms with van der Waals surface area (Å²) < 4.78 is 0. The minimum absolute atomic E-state index is 0.00920. The van der Waals surface area contributed by atoms with Crippen molar-refractivity contribution in [1.29, 1.82) is 0 Å². The van der Waals surface area contributed by atoms with Crippen LogP contribution in [0, 0.1) is 5.41 Å². The quantitative estimate of drug-likeness (QED) is 0.894. The van der Waals surface area contributed by atoms with Crippen LogP contribution in [0.4, 0.5) is 5.13 Å². The van der Waals surface area contributed by atoms with Gasteiger partial charge in [0.2, 0.25) is 0 Å². The second-order valence-electron chi connectivity index (χ2n) is 7.87. The minimum Gasteiger partial charge on any atom is -0.391 e. The van der Waals surface area contributed by atoms with E-state index in [2.05, 4.69) is 25.7 Å². The van der Waals surface area contributed by atoms with Gasteiger partial charge in [0.05, 0.1) is 17.2 Å². The highest BCUT2D eigenvalue weighted by Gasteiger charge is 2.37. The molecule has 0 radical (unpaired) electrons. The van der Waals surface area contributed by atoms with Crippen LogP contribution in [0.5, 0.6) is 0 Å². The summed E-state index contributed by atoms with van der Waals surface area (Å²) in [5.41, 5.74) is 1.74. The molecule has 1 aromatic heterocycles. The van der Waals surface area contributed by atoms with Gasteiger partial charge >= 0.3 is 0 Å². The molecule has 0 aromatic carbocycles. The molecule has 1 aromatic rings. The van der Waals surface area contributed by atoms with Crippen molar-refractivity contribution in [2.24, 2.45) is 5.41 Å². The van der Waals surface area contributed by atoms with Crippen LogP contribution < -0.4 is 4.90 Å². The average Bonchev–Trinajstić information content (AvgIpc) is 3.06. The maximum atomic E-state index is 9.61. The molecule has 0 unspecified atom stereocenters. The van der Waals surface area contributed by atoms with Crippen LogP contribution in [0.1, 0.15) is 69.9 Å². The summed E-state index contributed by atoms with van der Waals surface area (Å²) in [4.78, 5) is 8.36. The molecular formula is C17H28N2OS. The highest BCUT2D eigenvalue weighted by atomic mass is 32.1. The van der Waals surface area contributed by atoms with Gasteiger partial charge in [0.25, 0.3) is 0 Å². The summed E-state index contributed by atoms with van der Waals surface area (Å²) in [6.45, 7) is 8.92. The summed E-state index contributed by atoms with van der Waals surface area (Å²) in [7, 11) is 0. The summed E-state index contributed by atoms with van der Waals surface area (Å²) >= 11 is 1.69. The van der Waals surface area contributed by atoms with Gasteiger partial charge in [-0.05, 0) is 31.1 Å². The fourth-order valence-electron chi connectivity index (χ4n) is 3.97. The van der Waals surface area contributed by atoms with Crippen molar-refractivity contribution in [3.63, 3.8) is 0 Å². The van der Waals surface area contributed by atoms with E-state index < -0.39 is 0 Å². The Morgan fingerprint density at radius 2 is 1.76 bits per heavy atom. The molecule has 0 amide bonds. The van der Waals surface area contributed by atoms with Crippen molar-refractivity contribution < 1.29 is 5.11 Å². The summed E-state index contributed by atoms with van der Waals surface area (Å²) in [5.74, 6) is 0. The van der Waals surface area contributed by atoms with Gasteiger partial charge in [-0.3, -0.25) is 0 Å². The molecule has 2 aliphatic rings. The highest BCUT2D eigenvalue weighted by molar-refractivity contribution is 7.15. The summed E-state index contributed by atoms with van der Waals surface area (Å²) in [6.07, 6.45) is 8.39. The van der Waals surface area contributed by atoms with E-state index in [1.807, 2.05) is 0 Å². The number of anilines is 1. The molecule has 2 heterocycles. The Bertz CT molecular complexity index is 487. The fraction of sp³-hybridized carbons (Fsp3) is 0.824. The lowest BCUT2D eigenvalue weighted by Crippen LogP contribution is -2.38. The van der Waals surface area contributed by atoms with Gasteiger partial charge in [0.1, 0.15) is 0 Å². The number of aliphatic hydroxyl groups is 1. The number of thiazole rings is 1. The summed E-state index contributed by atoms with van der Waals surface area (Å²) in [5, 5.41) is 10.7. The molecule has 3 nitrogen and oxygen atoms in total. The Kier molecular flexibility index (Phi) is 4.04. The van der Waals surface area contributed by atoms with Crippen molar-refractivity contribution in [1.82, 2.24) is 4.98 Å². The number of rotatable bonds is 2. The first-order valence-electron chi connectivity index (χ1n) is 8.30. The Hall–Kier alpha value is -0.610. The number of aromatic nitrogens is 1. The first-order valence-corrected chi connectivity index (χ1v) is 9.11. The maximum absolute atomic E-state index is 9.61. The third-order valence-electron chi connectivity index (χ3n) is 5.30.